The number of thiophene rings is 1. The minimum atomic E-state index is 0.569. The molecule has 344 valence electrons. The Labute approximate surface area is 427 Å². The van der Waals surface area contributed by atoms with Gasteiger partial charge >= 0.3 is 0 Å². The number of para-hydroxylation sites is 2. The Hall–Kier alpha value is -9.69. The molecule has 0 N–H and O–H groups in total. The molecule has 0 spiro atoms. The topological polar surface area (TPSA) is 61.7 Å². The smallest absolute Gasteiger partial charge is 0.238 e. The van der Waals surface area contributed by atoms with Crippen LogP contribution >= 0.6 is 11.3 Å². The summed E-state index contributed by atoms with van der Waals surface area (Å²) in [5.41, 5.74) is 13.7. The van der Waals surface area contributed by atoms with Crippen molar-refractivity contribution in [3.05, 3.63) is 237 Å². The van der Waals surface area contributed by atoms with E-state index in [1.165, 1.54) is 52.8 Å². The predicted octanol–water partition coefficient (Wildman–Crippen LogP) is 18.2. The lowest BCUT2D eigenvalue weighted by Gasteiger charge is -2.11. The molecule has 0 aliphatic carbocycles. The molecule has 6 nitrogen and oxygen atoms in total. The second-order valence-electron chi connectivity index (χ2n) is 19.1. The van der Waals surface area contributed by atoms with Crippen LogP contribution in [0.25, 0.3) is 153 Å². The Morgan fingerprint density at radius 2 is 0.905 bits per heavy atom. The SMILES string of the molecule is c1ccc(-c2nc(-c3ccccc3)nc(-n3c4ccccc4c4cc(-c5ccc6oc7cccc(-c8ccc9c(c8)c8c%10ccccc%10c%10c%11ccccc%11sc%10c8n9-c8ccccc8)c7c6c5)ccc43)n2)cc1. The van der Waals surface area contributed by atoms with E-state index in [2.05, 4.69) is 185 Å². The molecule has 0 aliphatic rings. The predicted molar refractivity (Wildman–Crippen MR) is 308 cm³/mol. The maximum Gasteiger partial charge on any atom is 0.238 e. The summed E-state index contributed by atoms with van der Waals surface area (Å²) in [7, 11) is 0. The molecule has 0 aliphatic heterocycles. The molecule has 16 aromatic rings. The van der Waals surface area contributed by atoms with Gasteiger partial charge in [-0.3, -0.25) is 4.57 Å². The maximum absolute atomic E-state index is 6.70. The van der Waals surface area contributed by atoms with Crippen LogP contribution in [-0.2, 0) is 0 Å². The average molecular weight is 962 g/mol. The summed E-state index contributed by atoms with van der Waals surface area (Å²) in [5.74, 6) is 1.82. The van der Waals surface area contributed by atoms with E-state index in [1.54, 1.807) is 0 Å². The quantitative estimate of drug-likeness (QED) is 0.167. The zero-order valence-corrected chi connectivity index (χ0v) is 40.4. The van der Waals surface area contributed by atoms with Gasteiger partial charge in [0.25, 0.3) is 0 Å². The Morgan fingerprint density at radius 1 is 0.338 bits per heavy atom. The van der Waals surface area contributed by atoms with E-state index in [9.17, 15) is 0 Å². The van der Waals surface area contributed by atoms with Crippen LogP contribution in [0, 0.1) is 0 Å². The molecule has 0 atom stereocenters. The van der Waals surface area contributed by atoms with Gasteiger partial charge < -0.3 is 8.98 Å². The molecule has 0 unspecified atom stereocenters. The van der Waals surface area contributed by atoms with Crippen molar-refractivity contribution in [3.8, 4) is 56.7 Å². The van der Waals surface area contributed by atoms with Gasteiger partial charge in [-0.15, -0.1) is 11.3 Å². The summed E-state index contributed by atoms with van der Waals surface area (Å²) in [6.45, 7) is 0. The zero-order valence-electron chi connectivity index (χ0n) is 39.6. The van der Waals surface area contributed by atoms with Crippen molar-refractivity contribution in [2.24, 2.45) is 0 Å². The zero-order chi connectivity index (χ0) is 48.4. The molecule has 74 heavy (non-hydrogen) atoms. The highest BCUT2D eigenvalue weighted by Crippen LogP contribution is 2.49. The molecule has 0 saturated carbocycles. The first-order chi connectivity index (χ1) is 36.7. The number of benzene rings is 11. The Kier molecular flexibility index (Phi) is 8.81. The third-order valence-electron chi connectivity index (χ3n) is 15.0. The molecule has 16 rings (SSSR count). The number of hydrogen-bond acceptors (Lipinski definition) is 5. The second kappa shape index (κ2) is 15.9. The Morgan fingerprint density at radius 3 is 1.65 bits per heavy atom. The Balaban J connectivity index is 0.879. The maximum atomic E-state index is 6.70. The van der Waals surface area contributed by atoms with Gasteiger partial charge in [0.1, 0.15) is 11.2 Å². The van der Waals surface area contributed by atoms with E-state index >= 15 is 0 Å². The highest BCUT2D eigenvalue weighted by atomic mass is 32.1. The molecule has 11 aromatic carbocycles. The van der Waals surface area contributed by atoms with E-state index in [-0.39, 0.29) is 0 Å². The summed E-state index contributed by atoms with van der Waals surface area (Å²) >= 11 is 1.89. The molecule has 0 fully saturated rings. The lowest BCUT2D eigenvalue weighted by atomic mass is 9.95. The standard InChI is InChI=1S/C67H39N5OS/c1-4-17-40(18-5-1)65-68-66(41-19-6-2-7-20-41)70-67(69-65)72-54-28-14-12-23-47(54)51-37-42(31-34-55(51)72)43-33-36-57-53(38-43)60-46(27-16-29-58(60)73-57)44-32-35-56-52(39-44)61-48-24-10-11-25-49(48)62-50-26-13-15-30-59(50)74-64(62)63(61)71(56)45-21-8-3-9-22-45/h1-39H. The highest BCUT2D eigenvalue weighted by Gasteiger charge is 2.24. The lowest BCUT2D eigenvalue weighted by Crippen LogP contribution is -2.06. The number of furan rings is 1. The van der Waals surface area contributed by atoms with Crippen molar-refractivity contribution in [3.63, 3.8) is 0 Å². The highest BCUT2D eigenvalue weighted by molar-refractivity contribution is 7.27. The van der Waals surface area contributed by atoms with Crippen LogP contribution in [0.1, 0.15) is 0 Å². The molecule has 0 bridgehead atoms. The lowest BCUT2D eigenvalue weighted by molar-refractivity contribution is 0.669. The van der Waals surface area contributed by atoms with E-state index in [4.69, 9.17) is 19.4 Å². The molecule has 0 radical (unpaired) electrons. The number of aromatic nitrogens is 5. The van der Waals surface area contributed by atoms with Crippen molar-refractivity contribution in [2.75, 3.05) is 0 Å². The third kappa shape index (κ3) is 6.08. The van der Waals surface area contributed by atoms with Crippen molar-refractivity contribution in [2.45, 2.75) is 0 Å². The average Bonchev–Trinajstić information content (AvgIpc) is 4.26. The summed E-state index contributed by atoms with van der Waals surface area (Å²) in [6, 6.07) is 84.3. The van der Waals surface area contributed by atoms with E-state index < -0.39 is 0 Å². The largest absolute Gasteiger partial charge is 0.456 e. The fraction of sp³-hybridized carbons (Fsp3) is 0. The van der Waals surface area contributed by atoms with E-state index in [0.717, 1.165) is 82.8 Å². The van der Waals surface area contributed by atoms with Gasteiger partial charge in [0.15, 0.2) is 11.6 Å². The van der Waals surface area contributed by atoms with E-state index in [0.29, 0.717) is 17.6 Å². The van der Waals surface area contributed by atoms with Crippen LogP contribution in [0.4, 0.5) is 0 Å². The van der Waals surface area contributed by atoms with Crippen LogP contribution in [0.2, 0.25) is 0 Å². The first-order valence-corrected chi connectivity index (χ1v) is 25.7. The first kappa shape index (κ1) is 41.0. The Bertz CT molecular complexity index is 4900. The van der Waals surface area contributed by atoms with Gasteiger partial charge in [-0.2, -0.15) is 9.97 Å². The van der Waals surface area contributed by atoms with Crippen molar-refractivity contribution in [1.82, 2.24) is 24.1 Å². The fourth-order valence-corrected chi connectivity index (χ4v) is 13.0. The number of rotatable bonds is 6. The van der Waals surface area contributed by atoms with Crippen LogP contribution < -0.4 is 0 Å². The summed E-state index contributed by atoms with van der Waals surface area (Å²) < 4.78 is 14.0. The monoisotopic (exact) mass is 961 g/mol. The summed E-state index contributed by atoms with van der Waals surface area (Å²) in [6.07, 6.45) is 0. The van der Waals surface area contributed by atoms with E-state index in [1.807, 2.05) is 72.0 Å². The number of hydrogen-bond donors (Lipinski definition) is 0. The summed E-state index contributed by atoms with van der Waals surface area (Å²) in [5, 5.41) is 12.1. The van der Waals surface area contributed by atoms with Gasteiger partial charge in [-0.05, 0) is 99.8 Å². The minimum Gasteiger partial charge on any atom is -0.456 e. The van der Waals surface area contributed by atoms with Crippen LogP contribution in [0.5, 0.6) is 0 Å². The molecular weight excluding hydrogens is 923 g/mol. The molecule has 0 saturated heterocycles. The van der Waals surface area contributed by atoms with Gasteiger partial charge in [0, 0.05) is 64.6 Å². The van der Waals surface area contributed by atoms with Crippen LogP contribution in [0.15, 0.2) is 241 Å². The molecule has 5 heterocycles. The summed E-state index contributed by atoms with van der Waals surface area (Å²) in [4.78, 5) is 15.3. The third-order valence-corrected chi connectivity index (χ3v) is 16.1. The molecule has 0 amide bonds. The van der Waals surface area contributed by atoms with Gasteiger partial charge in [-0.1, -0.05) is 170 Å². The number of fused-ring (bicyclic) bond motifs is 16. The second-order valence-corrected chi connectivity index (χ2v) is 20.1. The van der Waals surface area contributed by atoms with Crippen molar-refractivity contribution >= 4 is 108 Å². The fourth-order valence-electron chi connectivity index (χ4n) is 11.7. The van der Waals surface area contributed by atoms with Crippen LogP contribution in [-0.4, -0.2) is 24.1 Å². The molecular formula is C67H39N5OS. The van der Waals surface area contributed by atoms with Crippen molar-refractivity contribution in [1.29, 1.82) is 0 Å². The molecule has 5 aromatic heterocycles. The first-order valence-electron chi connectivity index (χ1n) is 24.9. The number of nitrogens with zero attached hydrogens (tertiary/aromatic N) is 5. The van der Waals surface area contributed by atoms with Gasteiger partial charge in [0.05, 0.1) is 26.8 Å². The van der Waals surface area contributed by atoms with Crippen LogP contribution in [0.3, 0.4) is 0 Å². The van der Waals surface area contributed by atoms with Gasteiger partial charge in [-0.25, -0.2) is 4.98 Å². The molecule has 7 heteroatoms. The minimum absolute atomic E-state index is 0.569. The normalized spacial score (nSPS) is 12.1. The van der Waals surface area contributed by atoms with Crippen molar-refractivity contribution < 1.29 is 4.42 Å². The van der Waals surface area contributed by atoms with Gasteiger partial charge in [0.2, 0.25) is 5.95 Å².